The Morgan fingerprint density at radius 2 is 1.83 bits per heavy atom. The molecule has 1 aromatic carbocycles. The van der Waals surface area contributed by atoms with E-state index in [1.807, 2.05) is 4.90 Å². The van der Waals surface area contributed by atoms with Crippen LogP contribution < -0.4 is 4.90 Å². The Kier molecular flexibility index (Phi) is 2.93. The lowest BCUT2D eigenvalue weighted by molar-refractivity contribution is 0.119. The predicted molar refractivity (Wildman–Crippen MR) is 62.7 cm³/mol. The second-order valence-corrected chi connectivity index (χ2v) is 4.01. The van der Waals surface area contributed by atoms with Gasteiger partial charge in [-0.2, -0.15) is 4.98 Å². The molecule has 0 amide bonds. The van der Waals surface area contributed by atoms with Gasteiger partial charge in [-0.3, -0.25) is 0 Å². The van der Waals surface area contributed by atoms with Crippen LogP contribution in [0.4, 0.5) is 10.4 Å². The van der Waals surface area contributed by atoms with E-state index in [0.29, 0.717) is 25.1 Å². The van der Waals surface area contributed by atoms with Crippen LogP contribution in [0.2, 0.25) is 0 Å². The maximum Gasteiger partial charge on any atom is 0.324 e. The molecule has 1 saturated heterocycles. The van der Waals surface area contributed by atoms with E-state index >= 15 is 0 Å². The average molecular weight is 249 g/mol. The van der Waals surface area contributed by atoms with Crippen molar-refractivity contribution in [2.45, 2.75) is 0 Å². The summed E-state index contributed by atoms with van der Waals surface area (Å²) in [5.74, 6) is 0.187. The van der Waals surface area contributed by atoms with Gasteiger partial charge in [-0.1, -0.05) is 5.16 Å². The Balaban J connectivity index is 1.82. The van der Waals surface area contributed by atoms with Crippen molar-refractivity contribution in [1.82, 2.24) is 10.1 Å². The zero-order chi connectivity index (χ0) is 12.4. The fraction of sp³-hybridized carbons (Fsp3) is 0.333. The number of hydrogen-bond acceptors (Lipinski definition) is 5. The zero-order valence-corrected chi connectivity index (χ0v) is 9.67. The van der Waals surface area contributed by atoms with E-state index in [2.05, 4.69) is 10.1 Å². The van der Waals surface area contributed by atoms with Crippen molar-refractivity contribution >= 4 is 6.01 Å². The highest BCUT2D eigenvalue weighted by Gasteiger charge is 2.18. The Morgan fingerprint density at radius 3 is 2.56 bits per heavy atom. The number of halogens is 1. The molecule has 1 aliphatic heterocycles. The van der Waals surface area contributed by atoms with Crippen LogP contribution >= 0.6 is 0 Å². The molecule has 0 N–H and O–H groups in total. The molecular formula is C12H12FN3O2. The van der Waals surface area contributed by atoms with Crippen molar-refractivity contribution in [2.24, 2.45) is 0 Å². The molecule has 6 heteroatoms. The number of benzene rings is 1. The number of morpholine rings is 1. The van der Waals surface area contributed by atoms with E-state index in [9.17, 15) is 4.39 Å². The summed E-state index contributed by atoms with van der Waals surface area (Å²) in [4.78, 5) is 6.28. The number of rotatable bonds is 2. The summed E-state index contributed by atoms with van der Waals surface area (Å²) in [6, 6.07) is 6.49. The number of aromatic nitrogens is 2. The number of anilines is 1. The minimum absolute atomic E-state index is 0.282. The summed E-state index contributed by atoms with van der Waals surface area (Å²) < 4.78 is 23.3. The molecular weight excluding hydrogens is 237 g/mol. The van der Waals surface area contributed by atoms with E-state index in [0.717, 1.165) is 18.7 Å². The monoisotopic (exact) mass is 249 g/mol. The minimum Gasteiger partial charge on any atom is -0.378 e. The van der Waals surface area contributed by atoms with Gasteiger partial charge in [0.15, 0.2) is 0 Å². The largest absolute Gasteiger partial charge is 0.378 e. The third-order valence-electron chi connectivity index (χ3n) is 2.80. The average Bonchev–Trinajstić information content (AvgIpc) is 2.90. The lowest BCUT2D eigenvalue weighted by atomic mass is 10.2. The molecule has 0 radical (unpaired) electrons. The highest BCUT2D eigenvalue weighted by Crippen LogP contribution is 2.20. The van der Waals surface area contributed by atoms with Gasteiger partial charge in [-0.25, -0.2) is 4.39 Å². The van der Waals surface area contributed by atoms with Crippen molar-refractivity contribution < 1.29 is 13.7 Å². The van der Waals surface area contributed by atoms with Gasteiger partial charge in [-0.05, 0) is 24.3 Å². The van der Waals surface area contributed by atoms with E-state index in [1.165, 1.54) is 12.1 Å². The molecule has 1 aromatic heterocycles. The molecule has 0 atom stereocenters. The van der Waals surface area contributed by atoms with Gasteiger partial charge >= 0.3 is 6.01 Å². The van der Waals surface area contributed by atoms with Crippen LogP contribution in [0.1, 0.15) is 0 Å². The van der Waals surface area contributed by atoms with Gasteiger partial charge < -0.3 is 14.2 Å². The summed E-state index contributed by atoms with van der Waals surface area (Å²) in [7, 11) is 0. The molecule has 1 fully saturated rings. The number of ether oxygens (including phenoxy) is 1. The van der Waals surface area contributed by atoms with Gasteiger partial charge in [-0.15, -0.1) is 0 Å². The maximum atomic E-state index is 12.8. The summed E-state index contributed by atoms with van der Waals surface area (Å²) in [5, 5.41) is 3.90. The maximum absolute atomic E-state index is 12.8. The standard InChI is InChI=1S/C12H12FN3O2/c13-10-3-1-9(2-4-10)11-14-12(18-15-11)16-5-7-17-8-6-16/h1-4H,5-8H2. The van der Waals surface area contributed by atoms with Crippen molar-refractivity contribution in [3.63, 3.8) is 0 Å². The van der Waals surface area contributed by atoms with E-state index < -0.39 is 0 Å². The first-order valence-corrected chi connectivity index (χ1v) is 5.75. The molecule has 3 rings (SSSR count). The minimum atomic E-state index is -0.282. The van der Waals surface area contributed by atoms with E-state index in [4.69, 9.17) is 9.26 Å². The predicted octanol–water partition coefficient (Wildman–Crippen LogP) is 1.71. The molecule has 0 unspecified atom stereocenters. The van der Waals surface area contributed by atoms with Crippen molar-refractivity contribution in [1.29, 1.82) is 0 Å². The normalized spacial score (nSPS) is 15.9. The van der Waals surface area contributed by atoms with Crippen molar-refractivity contribution in [3.05, 3.63) is 30.1 Å². The van der Waals surface area contributed by atoms with E-state index in [1.54, 1.807) is 12.1 Å². The van der Waals surface area contributed by atoms with Crippen LogP contribution in [0.25, 0.3) is 11.4 Å². The molecule has 18 heavy (non-hydrogen) atoms. The third kappa shape index (κ3) is 2.19. The highest BCUT2D eigenvalue weighted by molar-refractivity contribution is 5.55. The first-order chi connectivity index (χ1) is 8.83. The van der Waals surface area contributed by atoms with Crippen molar-refractivity contribution in [3.8, 4) is 11.4 Å². The molecule has 2 aromatic rings. The second kappa shape index (κ2) is 4.73. The Labute approximate surface area is 103 Å². The van der Waals surface area contributed by atoms with E-state index in [-0.39, 0.29) is 5.82 Å². The molecule has 1 aliphatic rings. The first kappa shape index (κ1) is 11.2. The number of nitrogens with zero attached hydrogens (tertiary/aromatic N) is 3. The number of hydrogen-bond donors (Lipinski definition) is 0. The summed E-state index contributed by atoms with van der Waals surface area (Å²) in [5.41, 5.74) is 0.736. The quantitative estimate of drug-likeness (QED) is 0.811. The fourth-order valence-corrected chi connectivity index (χ4v) is 1.81. The molecule has 0 spiro atoms. The van der Waals surface area contributed by atoms with Gasteiger partial charge in [0, 0.05) is 18.7 Å². The molecule has 5 nitrogen and oxygen atoms in total. The summed E-state index contributed by atoms with van der Waals surface area (Å²) >= 11 is 0. The van der Waals surface area contributed by atoms with Gasteiger partial charge in [0.2, 0.25) is 5.82 Å². The summed E-state index contributed by atoms with van der Waals surface area (Å²) in [6.45, 7) is 2.80. The highest BCUT2D eigenvalue weighted by atomic mass is 19.1. The Morgan fingerprint density at radius 1 is 1.11 bits per heavy atom. The SMILES string of the molecule is Fc1ccc(-c2noc(N3CCOCC3)n2)cc1. The lowest BCUT2D eigenvalue weighted by Gasteiger charge is -2.24. The fourth-order valence-electron chi connectivity index (χ4n) is 1.81. The smallest absolute Gasteiger partial charge is 0.324 e. The first-order valence-electron chi connectivity index (χ1n) is 5.75. The lowest BCUT2D eigenvalue weighted by Crippen LogP contribution is -2.36. The Bertz CT molecular complexity index is 520. The van der Waals surface area contributed by atoms with Crippen LogP contribution in [-0.4, -0.2) is 36.4 Å². The van der Waals surface area contributed by atoms with Crippen LogP contribution in [0.15, 0.2) is 28.8 Å². The summed E-state index contributed by atoms with van der Waals surface area (Å²) in [6.07, 6.45) is 0. The molecule has 0 saturated carbocycles. The van der Waals surface area contributed by atoms with Gasteiger partial charge in [0.05, 0.1) is 13.2 Å². The molecule has 0 aliphatic carbocycles. The Hall–Kier alpha value is -1.95. The van der Waals surface area contributed by atoms with Crippen molar-refractivity contribution in [2.75, 3.05) is 31.2 Å². The van der Waals surface area contributed by atoms with Crippen LogP contribution in [0, 0.1) is 5.82 Å². The topological polar surface area (TPSA) is 51.4 Å². The second-order valence-electron chi connectivity index (χ2n) is 4.01. The molecule has 2 heterocycles. The molecule has 94 valence electrons. The molecule has 0 bridgehead atoms. The zero-order valence-electron chi connectivity index (χ0n) is 9.67. The van der Waals surface area contributed by atoms with Crippen LogP contribution in [0.3, 0.4) is 0 Å². The van der Waals surface area contributed by atoms with Crippen LogP contribution in [0.5, 0.6) is 0 Å². The third-order valence-corrected chi connectivity index (χ3v) is 2.80. The van der Waals surface area contributed by atoms with Gasteiger partial charge in [0.25, 0.3) is 0 Å². The van der Waals surface area contributed by atoms with Crippen LogP contribution in [-0.2, 0) is 4.74 Å². The van der Waals surface area contributed by atoms with Gasteiger partial charge in [0.1, 0.15) is 5.82 Å².